The van der Waals surface area contributed by atoms with Crippen LogP contribution >= 0.6 is 0 Å². The number of Topliss-reactive ketones (excluding diaryl/α,β-unsaturated/α-hetero) is 1. The van der Waals surface area contributed by atoms with Crippen LogP contribution in [0.25, 0.3) is 0 Å². The zero-order valence-electron chi connectivity index (χ0n) is 19.4. The third-order valence-electron chi connectivity index (χ3n) is 8.61. The molecule has 0 aliphatic heterocycles. The lowest BCUT2D eigenvalue weighted by molar-refractivity contribution is -0.184. The van der Waals surface area contributed by atoms with Gasteiger partial charge in [-0.05, 0) is 55.6 Å². The summed E-state index contributed by atoms with van der Waals surface area (Å²) in [6.07, 6.45) is 7.76. The van der Waals surface area contributed by atoms with Crippen molar-refractivity contribution in [1.82, 2.24) is 0 Å². The molecule has 2 fully saturated rings. The predicted octanol–water partition coefficient (Wildman–Crippen LogP) is 4.04. The van der Waals surface area contributed by atoms with Crippen LogP contribution in [0, 0.1) is 22.7 Å². The van der Waals surface area contributed by atoms with E-state index in [2.05, 4.69) is 19.6 Å². The molecular weight excluding hydrogens is 408 g/mol. The van der Waals surface area contributed by atoms with Crippen molar-refractivity contribution in [2.24, 2.45) is 22.7 Å². The molecule has 0 aromatic heterocycles. The van der Waals surface area contributed by atoms with Gasteiger partial charge in [-0.3, -0.25) is 19.2 Å². The lowest BCUT2D eigenvalue weighted by atomic mass is 9.49. The molecular formula is C26H32O6. The molecule has 0 amide bonds. The predicted molar refractivity (Wildman–Crippen MR) is 117 cm³/mol. The molecule has 0 unspecified atom stereocenters. The van der Waals surface area contributed by atoms with E-state index in [0.717, 1.165) is 30.4 Å². The number of carbonyl (C=O) groups excluding carboxylic acids is 4. The van der Waals surface area contributed by atoms with Gasteiger partial charge in [0.2, 0.25) is 5.78 Å². The molecule has 0 bridgehead atoms. The van der Waals surface area contributed by atoms with Crippen molar-refractivity contribution >= 4 is 23.5 Å². The molecule has 6 heteroatoms. The van der Waals surface area contributed by atoms with Crippen LogP contribution < -0.4 is 0 Å². The van der Waals surface area contributed by atoms with Gasteiger partial charge < -0.3 is 9.47 Å². The van der Waals surface area contributed by atoms with Gasteiger partial charge in [-0.25, -0.2) is 0 Å². The monoisotopic (exact) mass is 440 g/mol. The van der Waals surface area contributed by atoms with Gasteiger partial charge in [-0.15, -0.1) is 0 Å². The lowest BCUT2D eigenvalue weighted by Gasteiger charge is -2.55. The molecule has 0 aromatic rings. The summed E-state index contributed by atoms with van der Waals surface area (Å²) < 4.78 is 10.8. The molecule has 172 valence electrons. The standard InChI is InChI=1S/C26H32O6/c1-15-12-19-20(24(4)9-6-18(29)13-22(15)24)7-10-25(5)21(19)8-11-26(25,32-17(3)28)23(30)14-31-16(2)27/h7,13,19,21H,1,6,8-12,14H2,2-5H3/t19-,21+,24-,25+,26+/m1/s1. The smallest absolute Gasteiger partial charge is 0.303 e. The Morgan fingerprint density at radius 1 is 1.16 bits per heavy atom. The van der Waals surface area contributed by atoms with E-state index in [9.17, 15) is 19.2 Å². The molecule has 4 aliphatic carbocycles. The minimum absolute atomic E-state index is 0.121. The van der Waals surface area contributed by atoms with Crippen molar-refractivity contribution < 1.29 is 28.7 Å². The third kappa shape index (κ3) is 3.13. The second kappa shape index (κ2) is 7.53. The summed E-state index contributed by atoms with van der Waals surface area (Å²) in [4.78, 5) is 48.9. The molecule has 0 saturated heterocycles. The van der Waals surface area contributed by atoms with E-state index in [1.54, 1.807) is 6.08 Å². The SMILES string of the molecule is C=C1C[C@@H]2C(=CC[C@@]3(C)[C@H]2CC[C@]3(OC(C)=O)C(=O)COC(C)=O)[C@@]2(C)CCC(=O)C=C12. The molecule has 4 rings (SSSR count). The fourth-order valence-corrected chi connectivity index (χ4v) is 7.08. The number of ketones is 2. The van der Waals surface area contributed by atoms with Crippen molar-refractivity contribution in [2.75, 3.05) is 6.61 Å². The number of esters is 2. The average molecular weight is 441 g/mol. The Bertz CT molecular complexity index is 986. The van der Waals surface area contributed by atoms with E-state index in [1.165, 1.54) is 19.4 Å². The molecule has 4 aliphatic rings. The van der Waals surface area contributed by atoms with Crippen molar-refractivity contribution in [3.63, 3.8) is 0 Å². The summed E-state index contributed by atoms with van der Waals surface area (Å²) >= 11 is 0. The number of allylic oxidation sites excluding steroid dienone is 5. The number of hydrogen-bond acceptors (Lipinski definition) is 6. The highest BCUT2D eigenvalue weighted by atomic mass is 16.6. The molecule has 0 heterocycles. The Labute approximate surface area is 189 Å². The Kier molecular flexibility index (Phi) is 5.34. The van der Waals surface area contributed by atoms with Gasteiger partial charge in [-0.1, -0.05) is 37.6 Å². The lowest BCUT2D eigenvalue weighted by Crippen LogP contribution is -2.58. The van der Waals surface area contributed by atoms with E-state index in [4.69, 9.17) is 9.47 Å². The number of carbonyl (C=O) groups is 4. The summed E-state index contributed by atoms with van der Waals surface area (Å²) in [5.74, 6) is -0.941. The zero-order valence-corrected chi connectivity index (χ0v) is 19.4. The van der Waals surface area contributed by atoms with Crippen molar-refractivity contribution in [3.8, 4) is 0 Å². The average Bonchev–Trinajstić information content (AvgIpc) is 3.00. The van der Waals surface area contributed by atoms with Gasteiger partial charge in [0.05, 0.1) is 0 Å². The van der Waals surface area contributed by atoms with Crippen LogP contribution in [0.15, 0.2) is 35.5 Å². The van der Waals surface area contributed by atoms with Crippen molar-refractivity contribution in [1.29, 1.82) is 0 Å². The van der Waals surface area contributed by atoms with Gasteiger partial charge in [-0.2, -0.15) is 0 Å². The quantitative estimate of drug-likeness (QED) is 0.484. The fourth-order valence-electron chi connectivity index (χ4n) is 7.08. The minimum atomic E-state index is -1.32. The highest BCUT2D eigenvalue weighted by Crippen LogP contribution is 2.67. The molecule has 6 nitrogen and oxygen atoms in total. The minimum Gasteiger partial charge on any atom is -0.458 e. The van der Waals surface area contributed by atoms with Crippen LogP contribution in [-0.4, -0.2) is 35.7 Å². The molecule has 0 radical (unpaired) electrons. The Balaban J connectivity index is 1.76. The van der Waals surface area contributed by atoms with Gasteiger partial charge in [0.1, 0.15) is 0 Å². The van der Waals surface area contributed by atoms with Crippen molar-refractivity contribution in [2.45, 2.75) is 71.8 Å². The van der Waals surface area contributed by atoms with Crippen LogP contribution in [0.4, 0.5) is 0 Å². The maximum Gasteiger partial charge on any atom is 0.303 e. The van der Waals surface area contributed by atoms with Crippen LogP contribution in [0.2, 0.25) is 0 Å². The molecule has 0 aromatic carbocycles. The van der Waals surface area contributed by atoms with Crippen LogP contribution in [0.5, 0.6) is 0 Å². The van der Waals surface area contributed by atoms with E-state index in [1.807, 2.05) is 6.92 Å². The van der Waals surface area contributed by atoms with Crippen molar-refractivity contribution in [3.05, 3.63) is 35.5 Å². The highest BCUT2D eigenvalue weighted by molar-refractivity contribution is 5.94. The highest BCUT2D eigenvalue weighted by Gasteiger charge is 2.67. The topological polar surface area (TPSA) is 86.7 Å². The van der Waals surface area contributed by atoms with E-state index < -0.39 is 29.6 Å². The van der Waals surface area contributed by atoms with Gasteiger partial charge in [0, 0.05) is 31.1 Å². The molecule has 5 atom stereocenters. The summed E-state index contributed by atoms with van der Waals surface area (Å²) in [5, 5.41) is 0. The van der Waals surface area contributed by atoms with Gasteiger partial charge in [0.25, 0.3) is 0 Å². The Morgan fingerprint density at radius 3 is 2.53 bits per heavy atom. The molecule has 32 heavy (non-hydrogen) atoms. The second-order valence-corrected chi connectivity index (χ2v) is 10.3. The fraction of sp³-hybridized carbons (Fsp3) is 0.615. The summed E-state index contributed by atoms with van der Waals surface area (Å²) in [6.45, 7) is 10.7. The number of rotatable bonds is 4. The summed E-state index contributed by atoms with van der Waals surface area (Å²) in [7, 11) is 0. The summed E-state index contributed by atoms with van der Waals surface area (Å²) in [6, 6.07) is 0. The second-order valence-electron chi connectivity index (χ2n) is 10.3. The number of hydrogen-bond donors (Lipinski definition) is 0. The normalized spacial score (nSPS) is 38.0. The zero-order chi connectivity index (χ0) is 23.5. The first-order valence-electron chi connectivity index (χ1n) is 11.4. The van der Waals surface area contributed by atoms with Gasteiger partial charge >= 0.3 is 11.9 Å². The Morgan fingerprint density at radius 2 is 1.88 bits per heavy atom. The maximum atomic E-state index is 13.4. The van der Waals surface area contributed by atoms with Crippen LogP contribution in [0.1, 0.15) is 66.2 Å². The number of ether oxygens (including phenoxy) is 2. The summed E-state index contributed by atoms with van der Waals surface area (Å²) in [5.41, 5.74) is 1.23. The van der Waals surface area contributed by atoms with Crippen LogP contribution in [-0.2, 0) is 28.7 Å². The maximum absolute atomic E-state index is 13.4. The molecule has 2 saturated carbocycles. The first kappa shape index (κ1) is 22.7. The Hall–Kier alpha value is -2.50. The first-order chi connectivity index (χ1) is 14.9. The molecule has 0 N–H and O–H groups in total. The van der Waals surface area contributed by atoms with Crippen LogP contribution in [0.3, 0.4) is 0 Å². The first-order valence-corrected chi connectivity index (χ1v) is 11.4. The van der Waals surface area contributed by atoms with E-state index >= 15 is 0 Å². The number of fused-ring (bicyclic) bond motifs is 5. The van der Waals surface area contributed by atoms with E-state index in [-0.39, 0.29) is 28.8 Å². The molecule has 0 spiro atoms. The van der Waals surface area contributed by atoms with Gasteiger partial charge in [0.15, 0.2) is 18.0 Å². The van der Waals surface area contributed by atoms with E-state index in [0.29, 0.717) is 19.3 Å². The largest absolute Gasteiger partial charge is 0.458 e. The third-order valence-corrected chi connectivity index (χ3v) is 8.61.